The van der Waals surface area contributed by atoms with Gasteiger partial charge in [0.05, 0.1) is 0 Å². The average Bonchev–Trinajstić information content (AvgIpc) is 2.56. The van der Waals surface area contributed by atoms with Crippen molar-refractivity contribution in [2.24, 2.45) is 11.8 Å². The fourth-order valence-electron chi connectivity index (χ4n) is 2.71. The van der Waals surface area contributed by atoms with E-state index in [-0.39, 0.29) is 19.3 Å². The van der Waals surface area contributed by atoms with Crippen LogP contribution in [0.3, 0.4) is 0 Å². The van der Waals surface area contributed by atoms with Crippen molar-refractivity contribution in [1.82, 2.24) is 0 Å². The van der Waals surface area contributed by atoms with Crippen molar-refractivity contribution in [3.05, 3.63) is 11.1 Å². The maximum Gasteiger partial charge on any atom is 0.413 e. The monoisotopic (exact) mass is 230 g/mol. The number of hydrogen-bond donors (Lipinski definition) is 0. The maximum absolute atomic E-state index is 12.4. The zero-order valence-electron chi connectivity index (χ0n) is 7.54. The van der Waals surface area contributed by atoms with Crippen LogP contribution in [0.15, 0.2) is 11.1 Å². The molecule has 2 bridgehead atoms. The fourth-order valence-corrected chi connectivity index (χ4v) is 2.71. The van der Waals surface area contributed by atoms with Gasteiger partial charge >= 0.3 is 12.4 Å². The van der Waals surface area contributed by atoms with E-state index in [1.54, 1.807) is 0 Å². The molecule has 2 aliphatic rings. The van der Waals surface area contributed by atoms with E-state index in [1.807, 2.05) is 0 Å². The highest BCUT2D eigenvalue weighted by molar-refractivity contribution is 5.35. The summed E-state index contributed by atoms with van der Waals surface area (Å²) in [6, 6.07) is 0. The van der Waals surface area contributed by atoms with Crippen LogP contribution < -0.4 is 0 Å². The summed E-state index contributed by atoms with van der Waals surface area (Å²) < 4.78 is 74.6. The average molecular weight is 230 g/mol. The lowest BCUT2D eigenvalue weighted by atomic mass is 9.91. The summed E-state index contributed by atoms with van der Waals surface area (Å²) in [7, 11) is 0. The molecule has 15 heavy (non-hydrogen) atoms. The first-order valence-corrected chi connectivity index (χ1v) is 4.59. The Kier molecular flexibility index (Phi) is 2.11. The van der Waals surface area contributed by atoms with E-state index in [9.17, 15) is 26.3 Å². The molecule has 2 atom stereocenters. The van der Waals surface area contributed by atoms with Crippen LogP contribution in [-0.4, -0.2) is 12.4 Å². The van der Waals surface area contributed by atoms with Crippen molar-refractivity contribution in [1.29, 1.82) is 0 Å². The van der Waals surface area contributed by atoms with E-state index in [1.165, 1.54) is 0 Å². The Bertz CT molecular complexity index is 278. The van der Waals surface area contributed by atoms with Gasteiger partial charge in [0.2, 0.25) is 0 Å². The smallest absolute Gasteiger partial charge is 0.166 e. The zero-order chi connectivity index (χ0) is 11.4. The van der Waals surface area contributed by atoms with Crippen LogP contribution in [0.5, 0.6) is 0 Å². The lowest BCUT2D eigenvalue weighted by Crippen LogP contribution is -2.26. The number of alkyl halides is 6. The Hall–Kier alpha value is -0.680. The largest absolute Gasteiger partial charge is 0.413 e. The molecule has 0 aromatic heterocycles. The molecule has 86 valence electrons. The molecular weight excluding hydrogens is 222 g/mol. The normalized spacial score (nSPS) is 31.6. The Morgan fingerprint density at radius 1 is 0.733 bits per heavy atom. The molecule has 0 saturated heterocycles. The van der Waals surface area contributed by atoms with Gasteiger partial charge in [0.15, 0.2) is 0 Å². The van der Waals surface area contributed by atoms with Crippen LogP contribution in [0.2, 0.25) is 0 Å². The minimum atomic E-state index is -4.83. The first-order valence-electron chi connectivity index (χ1n) is 4.59. The number of allylic oxidation sites excluding steroid dienone is 2. The van der Waals surface area contributed by atoms with Gasteiger partial charge in [0, 0.05) is 11.1 Å². The molecule has 1 saturated carbocycles. The molecule has 0 heterocycles. The lowest BCUT2D eigenvalue weighted by Gasteiger charge is -2.23. The van der Waals surface area contributed by atoms with E-state index in [0.717, 1.165) is 0 Å². The Morgan fingerprint density at radius 2 is 1.07 bits per heavy atom. The van der Waals surface area contributed by atoms with E-state index < -0.39 is 35.3 Å². The zero-order valence-corrected chi connectivity index (χ0v) is 7.54. The summed E-state index contributed by atoms with van der Waals surface area (Å²) in [5.74, 6) is -1.85. The molecule has 0 amide bonds. The van der Waals surface area contributed by atoms with Crippen LogP contribution in [0, 0.1) is 11.8 Å². The summed E-state index contributed by atoms with van der Waals surface area (Å²) in [5.41, 5.74) is -2.63. The molecule has 0 radical (unpaired) electrons. The quantitative estimate of drug-likeness (QED) is 0.438. The van der Waals surface area contributed by atoms with Gasteiger partial charge in [-0.15, -0.1) is 0 Å². The molecular formula is C9H8F6. The maximum atomic E-state index is 12.4. The molecule has 0 aliphatic heterocycles. The summed E-state index contributed by atoms with van der Waals surface area (Å²) >= 11 is 0. The van der Waals surface area contributed by atoms with Crippen molar-refractivity contribution in [3.63, 3.8) is 0 Å². The third kappa shape index (κ3) is 1.63. The van der Waals surface area contributed by atoms with Gasteiger partial charge < -0.3 is 0 Å². The molecule has 2 aliphatic carbocycles. The van der Waals surface area contributed by atoms with E-state index in [0.29, 0.717) is 0 Å². The summed E-state index contributed by atoms with van der Waals surface area (Å²) in [5, 5.41) is 0. The fraction of sp³-hybridized carbons (Fsp3) is 0.778. The molecule has 0 N–H and O–H groups in total. The molecule has 0 nitrogen and oxygen atoms in total. The Labute approximate surface area is 82.0 Å². The van der Waals surface area contributed by atoms with Gasteiger partial charge in [-0.2, -0.15) is 26.3 Å². The summed E-state index contributed by atoms with van der Waals surface area (Å²) in [4.78, 5) is 0. The molecule has 6 heteroatoms. The highest BCUT2D eigenvalue weighted by Crippen LogP contribution is 2.57. The van der Waals surface area contributed by atoms with E-state index in [2.05, 4.69) is 0 Å². The second-order valence-corrected chi connectivity index (χ2v) is 4.03. The minimum absolute atomic E-state index is 0.0175. The predicted molar refractivity (Wildman–Crippen MR) is 40.0 cm³/mol. The second-order valence-electron chi connectivity index (χ2n) is 4.03. The number of halogens is 6. The van der Waals surface area contributed by atoms with Gasteiger partial charge in [-0.3, -0.25) is 0 Å². The minimum Gasteiger partial charge on any atom is -0.166 e. The predicted octanol–water partition coefficient (Wildman–Crippen LogP) is 3.84. The van der Waals surface area contributed by atoms with Crippen molar-refractivity contribution in [2.45, 2.75) is 31.6 Å². The number of rotatable bonds is 0. The molecule has 0 unspecified atom stereocenters. The standard InChI is InChI=1S/C9H8F6/c10-8(11,12)6-4-1-2-5(3-4)7(6)9(13,14)15/h4-5H,1-3H2/t4-,5+. The van der Waals surface area contributed by atoms with Gasteiger partial charge in [0.25, 0.3) is 0 Å². The molecule has 2 rings (SSSR count). The van der Waals surface area contributed by atoms with Crippen LogP contribution in [-0.2, 0) is 0 Å². The topological polar surface area (TPSA) is 0 Å². The molecule has 1 fully saturated rings. The highest BCUT2D eigenvalue weighted by Gasteiger charge is 2.57. The molecule has 0 aromatic rings. The highest BCUT2D eigenvalue weighted by atomic mass is 19.4. The van der Waals surface area contributed by atoms with E-state index in [4.69, 9.17) is 0 Å². The van der Waals surface area contributed by atoms with Gasteiger partial charge in [-0.05, 0) is 31.1 Å². The third-order valence-corrected chi connectivity index (χ3v) is 3.15. The second kappa shape index (κ2) is 2.92. The SMILES string of the molecule is FC(F)(F)C1=C(C(F)(F)F)[C@H]2CC[C@@H]1C2. The van der Waals surface area contributed by atoms with Crippen molar-refractivity contribution < 1.29 is 26.3 Å². The number of fused-ring (bicyclic) bond motifs is 2. The van der Waals surface area contributed by atoms with Crippen LogP contribution >= 0.6 is 0 Å². The summed E-state index contributed by atoms with van der Waals surface area (Å²) in [6.45, 7) is 0. The van der Waals surface area contributed by atoms with Crippen LogP contribution in [0.4, 0.5) is 26.3 Å². The van der Waals surface area contributed by atoms with Crippen molar-refractivity contribution in [2.75, 3.05) is 0 Å². The van der Waals surface area contributed by atoms with Crippen molar-refractivity contribution >= 4 is 0 Å². The van der Waals surface area contributed by atoms with Gasteiger partial charge in [-0.1, -0.05) is 0 Å². The molecule has 0 aromatic carbocycles. The Balaban J connectivity index is 2.49. The number of hydrogen-bond acceptors (Lipinski definition) is 0. The first-order chi connectivity index (χ1) is 6.71. The molecule has 0 spiro atoms. The Morgan fingerprint density at radius 3 is 1.33 bits per heavy atom. The van der Waals surface area contributed by atoms with Crippen molar-refractivity contribution in [3.8, 4) is 0 Å². The van der Waals surface area contributed by atoms with Gasteiger partial charge in [0.1, 0.15) is 0 Å². The first kappa shape index (κ1) is 10.8. The lowest BCUT2D eigenvalue weighted by molar-refractivity contribution is -0.121. The van der Waals surface area contributed by atoms with Crippen LogP contribution in [0.25, 0.3) is 0 Å². The van der Waals surface area contributed by atoms with Crippen LogP contribution in [0.1, 0.15) is 19.3 Å². The van der Waals surface area contributed by atoms with Gasteiger partial charge in [-0.25, -0.2) is 0 Å². The van der Waals surface area contributed by atoms with E-state index >= 15 is 0 Å². The summed E-state index contributed by atoms with van der Waals surface area (Å²) in [6.07, 6.45) is -9.17. The third-order valence-electron chi connectivity index (χ3n) is 3.15.